The number of carbonyl (C=O) groups is 2. The topological polar surface area (TPSA) is 100 Å². The first kappa shape index (κ1) is 16.4. The van der Waals surface area contributed by atoms with Crippen molar-refractivity contribution < 1.29 is 18.7 Å². The van der Waals surface area contributed by atoms with E-state index in [-0.39, 0.29) is 30.4 Å². The zero-order valence-corrected chi connectivity index (χ0v) is 13.3. The second-order valence-electron chi connectivity index (χ2n) is 5.45. The molecule has 2 aromatic rings. The van der Waals surface area contributed by atoms with E-state index in [4.69, 9.17) is 10.00 Å². The van der Waals surface area contributed by atoms with Crippen molar-refractivity contribution in [3.63, 3.8) is 0 Å². The Morgan fingerprint density at radius 1 is 1.52 bits per heavy atom. The number of amides is 2. The third-order valence-corrected chi connectivity index (χ3v) is 3.65. The molecule has 1 saturated heterocycles. The molecule has 1 fully saturated rings. The average Bonchev–Trinajstić information content (AvgIpc) is 3.19. The molecular formula is C16H14FN5O3. The first-order valence-electron chi connectivity index (χ1n) is 7.46. The Kier molecular flexibility index (Phi) is 4.35. The second-order valence-corrected chi connectivity index (χ2v) is 5.45. The fourth-order valence-electron chi connectivity index (χ4n) is 2.46. The summed E-state index contributed by atoms with van der Waals surface area (Å²) in [6.07, 6.45) is 0.376. The maximum atomic E-state index is 14.4. The number of cyclic esters (lactones) is 1. The molecule has 1 atom stereocenters. The molecule has 0 aliphatic carbocycles. The minimum absolute atomic E-state index is 0.160. The van der Waals surface area contributed by atoms with Gasteiger partial charge in [0.25, 0.3) is 0 Å². The van der Waals surface area contributed by atoms with Gasteiger partial charge in [0.15, 0.2) is 11.5 Å². The van der Waals surface area contributed by atoms with Crippen molar-refractivity contribution >= 4 is 17.7 Å². The van der Waals surface area contributed by atoms with E-state index in [1.165, 1.54) is 40.9 Å². The number of hydrogen-bond acceptors (Lipinski definition) is 5. The fourth-order valence-corrected chi connectivity index (χ4v) is 2.46. The lowest BCUT2D eigenvalue weighted by Crippen LogP contribution is -2.33. The van der Waals surface area contributed by atoms with Crippen LogP contribution in [0.1, 0.15) is 12.6 Å². The van der Waals surface area contributed by atoms with Gasteiger partial charge in [0.2, 0.25) is 5.91 Å². The van der Waals surface area contributed by atoms with Gasteiger partial charge in [0, 0.05) is 13.1 Å². The molecule has 8 nitrogen and oxygen atoms in total. The summed E-state index contributed by atoms with van der Waals surface area (Å²) in [5.41, 5.74) is 0.671. The van der Waals surface area contributed by atoms with Crippen molar-refractivity contribution in [3.05, 3.63) is 42.0 Å². The van der Waals surface area contributed by atoms with E-state index in [0.29, 0.717) is 5.69 Å². The van der Waals surface area contributed by atoms with E-state index >= 15 is 0 Å². The van der Waals surface area contributed by atoms with Gasteiger partial charge in [-0.2, -0.15) is 10.4 Å². The van der Waals surface area contributed by atoms with Crippen LogP contribution in [-0.4, -0.2) is 41.0 Å². The molecule has 25 heavy (non-hydrogen) atoms. The minimum atomic E-state index is -0.603. The van der Waals surface area contributed by atoms with Crippen LogP contribution in [-0.2, 0) is 9.53 Å². The van der Waals surface area contributed by atoms with Gasteiger partial charge in [0.1, 0.15) is 17.9 Å². The van der Waals surface area contributed by atoms with Crippen LogP contribution in [0.4, 0.5) is 14.9 Å². The number of nitrogens with one attached hydrogen (secondary N) is 1. The van der Waals surface area contributed by atoms with Crippen LogP contribution >= 0.6 is 0 Å². The van der Waals surface area contributed by atoms with Crippen molar-refractivity contribution in [2.45, 2.75) is 13.0 Å². The van der Waals surface area contributed by atoms with E-state index in [0.717, 1.165) is 0 Å². The second kappa shape index (κ2) is 6.60. The van der Waals surface area contributed by atoms with Crippen LogP contribution in [0.15, 0.2) is 30.5 Å². The van der Waals surface area contributed by atoms with Crippen LogP contribution in [0, 0.1) is 17.1 Å². The Balaban J connectivity index is 1.77. The molecule has 3 rings (SSSR count). The van der Waals surface area contributed by atoms with Crippen molar-refractivity contribution in [2.24, 2.45) is 0 Å². The van der Waals surface area contributed by atoms with Crippen LogP contribution in [0.2, 0.25) is 0 Å². The normalized spacial score (nSPS) is 16.4. The quantitative estimate of drug-likeness (QED) is 0.903. The lowest BCUT2D eigenvalue weighted by Gasteiger charge is -2.14. The minimum Gasteiger partial charge on any atom is -0.442 e. The molecular weight excluding hydrogens is 329 g/mol. The lowest BCUT2D eigenvalue weighted by atomic mass is 10.2. The number of anilines is 1. The molecule has 128 valence electrons. The highest BCUT2D eigenvalue weighted by Crippen LogP contribution is 2.25. The highest BCUT2D eigenvalue weighted by molar-refractivity contribution is 5.90. The Morgan fingerprint density at radius 2 is 2.32 bits per heavy atom. The van der Waals surface area contributed by atoms with Gasteiger partial charge in [-0.3, -0.25) is 9.69 Å². The summed E-state index contributed by atoms with van der Waals surface area (Å²) in [5.74, 6) is -0.816. The lowest BCUT2D eigenvalue weighted by molar-refractivity contribution is -0.119. The predicted molar refractivity (Wildman–Crippen MR) is 84.5 cm³/mol. The number of aromatic nitrogens is 2. The summed E-state index contributed by atoms with van der Waals surface area (Å²) in [6, 6.07) is 7.57. The van der Waals surface area contributed by atoms with Gasteiger partial charge in [-0.05, 0) is 24.3 Å². The molecule has 0 unspecified atom stereocenters. The summed E-state index contributed by atoms with van der Waals surface area (Å²) in [6.45, 7) is 1.77. The molecule has 1 N–H and O–H groups in total. The molecule has 9 heteroatoms. The molecule has 1 aliphatic heterocycles. The number of nitrogens with zero attached hydrogens (tertiary/aromatic N) is 4. The molecule has 1 aliphatic rings. The molecule has 0 bridgehead atoms. The zero-order valence-electron chi connectivity index (χ0n) is 13.3. The van der Waals surface area contributed by atoms with Crippen LogP contribution < -0.4 is 10.2 Å². The van der Waals surface area contributed by atoms with E-state index in [1.807, 2.05) is 6.07 Å². The summed E-state index contributed by atoms with van der Waals surface area (Å²) >= 11 is 0. The number of carbonyl (C=O) groups excluding carboxylic acids is 2. The van der Waals surface area contributed by atoms with E-state index in [2.05, 4.69) is 10.4 Å². The van der Waals surface area contributed by atoms with Gasteiger partial charge >= 0.3 is 6.09 Å². The highest BCUT2D eigenvalue weighted by Gasteiger charge is 2.32. The molecule has 1 aromatic carbocycles. The molecule has 0 spiro atoms. The number of halogens is 1. The van der Waals surface area contributed by atoms with Crippen LogP contribution in [0.25, 0.3) is 5.69 Å². The van der Waals surface area contributed by atoms with Gasteiger partial charge in [-0.1, -0.05) is 0 Å². The zero-order chi connectivity index (χ0) is 18.0. The Bertz CT molecular complexity index is 873. The maximum Gasteiger partial charge on any atom is 0.414 e. The summed E-state index contributed by atoms with van der Waals surface area (Å²) in [5, 5.41) is 15.3. The molecule has 2 amide bonds. The van der Waals surface area contributed by atoms with E-state index < -0.39 is 18.0 Å². The van der Waals surface area contributed by atoms with E-state index in [9.17, 15) is 14.0 Å². The smallest absolute Gasteiger partial charge is 0.414 e. The Morgan fingerprint density at radius 3 is 2.96 bits per heavy atom. The standard InChI is InChI=1S/C16H14FN5O3/c1-10(23)19-8-13-9-21(16(24)25-13)12-2-3-15(14(17)6-12)22-5-4-11(7-18)20-22/h2-6,13H,8-9H2,1H3,(H,19,23)/t13-/m0/s1. The summed E-state index contributed by atoms with van der Waals surface area (Å²) < 4.78 is 20.8. The van der Waals surface area contributed by atoms with Gasteiger partial charge in [0.05, 0.1) is 18.8 Å². The largest absolute Gasteiger partial charge is 0.442 e. The van der Waals surface area contributed by atoms with Gasteiger partial charge in [-0.15, -0.1) is 0 Å². The average molecular weight is 343 g/mol. The van der Waals surface area contributed by atoms with Crippen LogP contribution in [0.5, 0.6) is 0 Å². The summed E-state index contributed by atoms with van der Waals surface area (Å²) in [4.78, 5) is 24.2. The number of benzene rings is 1. The van der Waals surface area contributed by atoms with Crippen molar-refractivity contribution in [3.8, 4) is 11.8 Å². The van der Waals surface area contributed by atoms with Crippen molar-refractivity contribution in [2.75, 3.05) is 18.0 Å². The number of nitriles is 1. The van der Waals surface area contributed by atoms with Crippen molar-refractivity contribution in [1.82, 2.24) is 15.1 Å². The first-order chi connectivity index (χ1) is 12.0. The number of hydrogen-bond donors (Lipinski definition) is 1. The van der Waals surface area contributed by atoms with Crippen molar-refractivity contribution in [1.29, 1.82) is 5.26 Å². The maximum absolute atomic E-state index is 14.4. The van der Waals surface area contributed by atoms with Gasteiger partial charge in [-0.25, -0.2) is 13.9 Å². The molecule has 0 radical (unpaired) electrons. The monoisotopic (exact) mass is 343 g/mol. The number of ether oxygens (including phenoxy) is 1. The Labute approximate surface area is 142 Å². The fraction of sp³-hybridized carbons (Fsp3) is 0.250. The number of rotatable bonds is 4. The van der Waals surface area contributed by atoms with Crippen LogP contribution in [0.3, 0.4) is 0 Å². The Hall–Kier alpha value is -3.41. The van der Waals surface area contributed by atoms with E-state index in [1.54, 1.807) is 6.07 Å². The molecule has 1 aromatic heterocycles. The predicted octanol–water partition coefficient (Wildman–Crippen LogP) is 1.34. The summed E-state index contributed by atoms with van der Waals surface area (Å²) in [7, 11) is 0. The third-order valence-electron chi connectivity index (χ3n) is 3.65. The first-order valence-corrected chi connectivity index (χ1v) is 7.46. The van der Waals surface area contributed by atoms with Gasteiger partial charge < -0.3 is 10.1 Å². The third kappa shape index (κ3) is 3.42. The highest BCUT2D eigenvalue weighted by atomic mass is 19.1. The SMILES string of the molecule is CC(=O)NC[C@H]1CN(c2ccc(-n3ccc(C#N)n3)c(F)c2)C(=O)O1. The molecule has 0 saturated carbocycles. The molecule has 2 heterocycles.